The number of pyridine rings is 1. The van der Waals surface area contributed by atoms with Crippen LogP contribution in [0.2, 0.25) is 0 Å². The Bertz CT molecular complexity index is 969. The molecule has 0 unspecified atom stereocenters. The van der Waals surface area contributed by atoms with E-state index >= 15 is 0 Å². The van der Waals surface area contributed by atoms with Gasteiger partial charge in [0.1, 0.15) is 5.82 Å². The number of hydrogen-bond acceptors (Lipinski definition) is 6. The van der Waals surface area contributed by atoms with Crippen molar-refractivity contribution in [2.75, 3.05) is 31.5 Å². The smallest absolute Gasteiger partial charge is 0.419 e. The molecule has 12 heteroatoms. The van der Waals surface area contributed by atoms with E-state index in [1.165, 1.54) is 28.7 Å². The molecule has 1 fully saturated rings. The number of nitrogens with zero attached hydrogens (tertiary/aromatic N) is 2. The van der Waals surface area contributed by atoms with Crippen molar-refractivity contribution in [2.45, 2.75) is 24.1 Å². The molecule has 29 heavy (non-hydrogen) atoms. The van der Waals surface area contributed by atoms with E-state index in [0.717, 1.165) is 18.9 Å². The van der Waals surface area contributed by atoms with E-state index in [0.29, 0.717) is 13.1 Å². The Hall–Kier alpha value is -2.60. The van der Waals surface area contributed by atoms with Crippen molar-refractivity contribution < 1.29 is 30.8 Å². The largest absolute Gasteiger partial charge is 0.438 e. The highest BCUT2D eigenvalue weighted by molar-refractivity contribution is 7.89. The summed E-state index contributed by atoms with van der Waals surface area (Å²) in [6.45, 7) is 0.764. The third kappa shape index (κ3) is 4.88. The monoisotopic (exact) mass is 432 g/mol. The third-order valence-corrected chi connectivity index (χ3v) is 6.05. The van der Waals surface area contributed by atoms with Crippen LogP contribution in [0.15, 0.2) is 40.0 Å². The summed E-state index contributed by atoms with van der Waals surface area (Å²) in [6.07, 6.45) is -1.79. The van der Waals surface area contributed by atoms with E-state index in [9.17, 15) is 26.4 Å². The molecule has 0 aromatic carbocycles. The molecule has 1 aliphatic heterocycles. The summed E-state index contributed by atoms with van der Waals surface area (Å²) in [6, 6.07) is 4.54. The van der Waals surface area contributed by atoms with Gasteiger partial charge in [-0.2, -0.15) is 17.5 Å². The first-order valence-electron chi connectivity index (χ1n) is 8.84. The summed E-state index contributed by atoms with van der Waals surface area (Å²) >= 11 is 0. The zero-order chi connectivity index (χ0) is 21.1. The van der Waals surface area contributed by atoms with Gasteiger partial charge in [-0.05, 0) is 37.1 Å². The number of hydrogen-bond donors (Lipinski definition) is 2. The predicted molar refractivity (Wildman–Crippen MR) is 96.8 cm³/mol. The number of carbonyl (C=O) groups excluding carboxylic acids is 1. The zero-order valence-corrected chi connectivity index (χ0v) is 16.0. The Morgan fingerprint density at radius 3 is 2.59 bits per heavy atom. The summed E-state index contributed by atoms with van der Waals surface area (Å²) < 4.78 is 70.0. The van der Waals surface area contributed by atoms with Crippen molar-refractivity contribution in [1.29, 1.82) is 0 Å². The number of sulfonamides is 1. The number of halogens is 3. The topological polar surface area (TPSA) is 105 Å². The quantitative estimate of drug-likeness (QED) is 0.651. The van der Waals surface area contributed by atoms with Crippen LogP contribution in [0, 0.1) is 0 Å². The van der Waals surface area contributed by atoms with Gasteiger partial charge >= 0.3 is 6.18 Å². The lowest BCUT2D eigenvalue weighted by atomic mass is 10.2. The van der Waals surface area contributed by atoms with Crippen LogP contribution in [0.4, 0.5) is 19.0 Å². The molecular formula is C17H19F3N4O4S. The summed E-state index contributed by atoms with van der Waals surface area (Å²) in [5.74, 6) is -1.21. The maximum absolute atomic E-state index is 12.9. The van der Waals surface area contributed by atoms with Crippen molar-refractivity contribution in [1.82, 2.24) is 14.6 Å². The van der Waals surface area contributed by atoms with Gasteiger partial charge in [0, 0.05) is 32.4 Å². The number of aromatic nitrogens is 1. The molecule has 1 aliphatic rings. The Kier molecular flexibility index (Phi) is 6.13. The number of anilines is 1. The number of nitrogens with one attached hydrogen (secondary N) is 2. The van der Waals surface area contributed by atoms with Crippen LogP contribution >= 0.6 is 0 Å². The fourth-order valence-electron chi connectivity index (χ4n) is 2.86. The van der Waals surface area contributed by atoms with Crippen LogP contribution < -0.4 is 10.6 Å². The molecule has 1 saturated heterocycles. The number of alkyl halides is 3. The number of carbonyl (C=O) groups is 1. The van der Waals surface area contributed by atoms with Crippen LogP contribution in [-0.2, 0) is 16.2 Å². The minimum atomic E-state index is -4.55. The highest BCUT2D eigenvalue weighted by Gasteiger charge is 2.34. The third-order valence-electron chi connectivity index (χ3n) is 4.28. The maximum Gasteiger partial charge on any atom is 0.419 e. The lowest BCUT2D eigenvalue weighted by Crippen LogP contribution is -2.29. The van der Waals surface area contributed by atoms with E-state index in [4.69, 9.17) is 4.42 Å². The van der Waals surface area contributed by atoms with Crippen molar-refractivity contribution in [2.24, 2.45) is 0 Å². The lowest BCUT2D eigenvalue weighted by Gasteiger charge is -2.13. The van der Waals surface area contributed by atoms with Crippen molar-refractivity contribution in [3.05, 3.63) is 41.8 Å². The number of rotatable bonds is 7. The Morgan fingerprint density at radius 1 is 1.17 bits per heavy atom. The van der Waals surface area contributed by atoms with Gasteiger partial charge in [0.2, 0.25) is 5.09 Å². The van der Waals surface area contributed by atoms with Crippen LogP contribution in [0.25, 0.3) is 0 Å². The van der Waals surface area contributed by atoms with Gasteiger partial charge in [0.25, 0.3) is 15.9 Å². The predicted octanol–water partition coefficient (Wildman–Crippen LogP) is 2.32. The van der Waals surface area contributed by atoms with Crippen molar-refractivity contribution in [3.63, 3.8) is 0 Å². The Morgan fingerprint density at radius 2 is 1.90 bits per heavy atom. The van der Waals surface area contributed by atoms with Crippen LogP contribution in [0.3, 0.4) is 0 Å². The fourth-order valence-corrected chi connectivity index (χ4v) is 4.28. The van der Waals surface area contributed by atoms with Gasteiger partial charge in [-0.25, -0.2) is 13.4 Å². The molecule has 158 valence electrons. The second kappa shape index (κ2) is 8.41. The highest BCUT2D eigenvalue weighted by atomic mass is 32.2. The van der Waals surface area contributed by atoms with Crippen LogP contribution in [0.1, 0.15) is 29.0 Å². The van der Waals surface area contributed by atoms with Crippen molar-refractivity contribution >= 4 is 21.7 Å². The molecule has 0 radical (unpaired) electrons. The van der Waals surface area contributed by atoms with Gasteiger partial charge in [-0.1, -0.05) is 0 Å². The molecule has 2 aromatic rings. The summed E-state index contributed by atoms with van der Waals surface area (Å²) in [7, 11) is -3.77. The molecule has 0 aliphatic carbocycles. The molecule has 0 bridgehead atoms. The molecule has 0 saturated carbocycles. The summed E-state index contributed by atoms with van der Waals surface area (Å²) in [5.41, 5.74) is -0.908. The van der Waals surface area contributed by atoms with Gasteiger partial charge in [0.15, 0.2) is 5.76 Å². The van der Waals surface area contributed by atoms with E-state index < -0.39 is 27.7 Å². The first-order chi connectivity index (χ1) is 13.7. The molecule has 0 atom stereocenters. The first-order valence-corrected chi connectivity index (χ1v) is 10.3. The Balaban J connectivity index is 1.54. The molecule has 3 heterocycles. The standard InChI is InChI=1S/C17H19F3N4O4S/c18-17(19,20)12-4-3-7-21-15(12)22-8-9-23-16(25)13-5-6-14(28-13)29(26,27)24-10-1-2-11-24/h3-7H,1-2,8-11H2,(H,21,22)(H,23,25). The maximum atomic E-state index is 12.9. The SMILES string of the molecule is O=C(NCCNc1ncccc1C(F)(F)F)c1ccc(S(=O)(=O)N2CCCC2)o1. The van der Waals surface area contributed by atoms with Crippen LogP contribution in [0.5, 0.6) is 0 Å². The normalized spacial score (nSPS) is 15.4. The summed E-state index contributed by atoms with van der Waals surface area (Å²) in [4.78, 5) is 15.8. The number of furan rings is 1. The second-order valence-corrected chi connectivity index (χ2v) is 8.18. The van der Waals surface area contributed by atoms with E-state index in [2.05, 4.69) is 15.6 Å². The summed E-state index contributed by atoms with van der Waals surface area (Å²) in [5, 5.41) is 4.65. The lowest BCUT2D eigenvalue weighted by molar-refractivity contribution is -0.137. The average molecular weight is 432 g/mol. The van der Waals surface area contributed by atoms with E-state index in [-0.39, 0.29) is 29.8 Å². The highest BCUT2D eigenvalue weighted by Crippen LogP contribution is 2.33. The fraction of sp³-hybridized carbons (Fsp3) is 0.412. The molecular weight excluding hydrogens is 413 g/mol. The van der Waals surface area contributed by atoms with Gasteiger partial charge in [-0.3, -0.25) is 4.79 Å². The zero-order valence-electron chi connectivity index (χ0n) is 15.2. The number of amides is 1. The van der Waals surface area contributed by atoms with E-state index in [1.807, 2.05) is 0 Å². The van der Waals surface area contributed by atoms with Gasteiger partial charge in [-0.15, -0.1) is 0 Å². The molecule has 0 spiro atoms. The van der Waals surface area contributed by atoms with E-state index in [1.54, 1.807) is 0 Å². The van der Waals surface area contributed by atoms with Crippen LogP contribution in [-0.4, -0.2) is 49.8 Å². The first kappa shape index (κ1) is 21.1. The second-order valence-electron chi connectivity index (χ2n) is 6.31. The minimum absolute atomic E-state index is 0.0223. The molecule has 2 aromatic heterocycles. The molecule has 1 amide bonds. The Labute approximate surface area is 165 Å². The average Bonchev–Trinajstić information content (AvgIpc) is 3.37. The minimum Gasteiger partial charge on any atom is -0.438 e. The van der Waals surface area contributed by atoms with Gasteiger partial charge < -0.3 is 15.1 Å². The van der Waals surface area contributed by atoms with Gasteiger partial charge in [0.05, 0.1) is 5.56 Å². The van der Waals surface area contributed by atoms with Crippen molar-refractivity contribution in [3.8, 4) is 0 Å². The molecule has 2 N–H and O–H groups in total. The molecule has 8 nitrogen and oxygen atoms in total. The molecule has 3 rings (SSSR count).